The molecule has 0 aliphatic heterocycles. The quantitative estimate of drug-likeness (QED) is 0.589. The summed E-state index contributed by atoms with van der Waals surface area (Å²) >= 11 is 5.94. The maximum atomic E-state index is 13.6. The Morgan fingerprint density at radius 3 is 2.23 bits per heavy atom. The lowest BCUT2D eigenvalue weighted by Crippen LogP contribution is -2.40. The number of carboxylic acids is 1. The van der Waals surface area contributed by atoms with Gasteiger partial charge < -0.3 is 5.11 Å². The molecule has 3 aromatic rings. The third kappa shape index (κ3) is 3.84. The van der Waals surface area contributed by atoms with Crippen molar-refractivity contribution in [3.8, 4) is 0 Å². The molecule has 2 aromatic carbocycles. The van der Waals surface area contributed by atoms with E-state index >= 15 is 0 Å². The molecule has 0 saturated heterocycles. The first kappa shape index (κ1) is 20.5. The van der Waals surface area contributed by atoms with E-state index in [-0.39, 0.29) is 17.0 Å². The number of sulfonamides is 1. The molecule has 1 fully saturated rings. The van der Waals surface area contributed by atoms with Gasteiger partial charge >= 0.3 is 5.97 Å². The molecule has 4 rings (SSSR count). The van der Waals surface area contributed by atoms with Crippen LogP contribution in [0.15, 0.2) is 77.8 Å². The van der Waals surface area contributed by atoms with Crippen molar-refractivity contribution >= 4 is 27.6 Å². The van der Waals surface area contributed by atoms with E-state index in [0.29, 0.717) is 23.6 Å². The van der Waals surface area contributed by atoms with Crippen molar-refractivity contribution in [3.63, 3.8) is 0 Å². The Morgan fingerprint density at radius 1 is 1.03 bits per heavy atom. The normalized spacial score (nSPS) is 15.1. The van der Waals surface area contributed by atoms with E-state index in [1.165, 1.54) is 28.6 Å². The highest BCUT2D eigenvalue weighted by Gasteiger charge is 2.54. The van der Waals surface area contributed by atoms with Gasteiger partial charge in [0.05, 0.1) is 28.2 Å². The molecule has 0 radical (unpaired) electrons. The molecule has 0 unspecified atom stereocenters. The van der Waals surface area contributed by atoms with Crippen LogP contribution in [0.2, 0.25) is 5.02 Å². The maximum Gasteiger partial charge on any atom is 0.335 e. The van der Waals surface area contributed by atoms with E-state index in [1.54, 1.807) is 42.6 Å². The van der Waals surface area contributed by atoms with Crippen LogP contribution in [-0.2, 0) is 22.1 Å². The van der Waals surface area contributed by atoms with Gasteiger partial charge in [-0.25, -0.2) is 13.2 Å². The average Bonchev–Trinajstić information content (AvgIpc) is 3.55. The molecular weight excluding hydrogens is 424 g/mol. The Bertz CT molecular complexity index is 1160. The number of nitrogens with zero attached hydrogens (tertiary/aromatic N) is 2. The van der Waals surface area contributed by atoms with Crippen molar-refractivity contribution in [2.24, 2.45) is 0 Å². The first-order valence-corrected chi connectivity index (χ1v) is 11.2. The molecule has 1 aliphatic rings. The fourth-order valence-electron chi connectivity index (χ4n) is 3.56. The SMILES string of the molecule is O=C(O)c1ccc(C2(N(Cc3ccccn3)S(=O)(=O)c3ccc(Cl)cc3)CC2)cc1. The Hall–Kier alpha value is -2.74. The second-order valence-electron chi connectivity index (χ2n) is 7.20. The highest BCUT2D eigenvalue weighted by Crippen LogP contribution is 2.53. The first-order valence-electron chi connectivity index (χ1n) is 9.35. The summed E-state index contributed by atoms with van der Waals surface area (Å²) in [5.41, 5.74) is 0.809. The zero-order chi connectivity index (χ0) is 21.4. The predicted molar refractivity (Wildman–Crippen MR) is 113 cm³/mol. The Kier molecular flexibility index (Phi) is 5.36. The zero-order valence-corrected chi connectivity index (χ0v) is 17.5. The second kappa shape index (κ2) is 7.83. The van der Waals surface area contributed by atoms with E-state index in [0.717, 1.165) is 5.56 Å². The van der Waals surface area contributed by atoms with Gasteiger partial charge in [-0.3, -0.25) is 4.98 Å². The van der Waals surface area contributed by atoms with Crippen LogP contribution in [0, 0.1) is 0 Å². The maximum absolute atomic E-state index is 13.6. The fraction of sp³-hybridized carbons (Fsp3) is 0.182. The van der Waals surface area contributed by atoms with Crippen molar-refractivity contribution in [1.82, 2.24) is 9.29 Å². The monoisotopic (exact) mass is 442 g/mol. The van der Waals surface area contributed by atoms with Gasteiger partial charge in [0.25, 0.3) is 0 Å². The molecule has 0 amide bonds. The van der Waals surface area contributed by atoms with Crippen LogP contribution in [0.1, 0.15) is 34.5 Å². The van der Waals surface area contributed by atoms with Crippen molar-refractivity contribution in [2.75, 3.05) is 0 Å². The van der Waals surface area contributed by atoms with E-state index < -0.39 is 21.5 Å². The van der Waals surface area contributed by atoms with Gasteiger partial charge in [-0.15, -0.1) is 0 Å². The minimum absolute atomic E-state index is 0.104. The first-order chi connectivity index (χ1) is 14.3. The van der Waals surface area contributed by atoms with Gasteiger partial charge in [-0.05, 0) is 66.9 Å². The predicted octanol–water partition coefficient (Wildman–Crippen LogP) is 4.31. The van der Waals surface area contributed by atoms with Gasteiger partial charge in [0.15, 0.2) is 0 Å². The lowest BCUT2D eigenvalue weighted by Gasteiger charge is -2.31. The minimum atomic E-state index is -3.87. The number of carbonyl (C=O) groups is 1. The van der Waals surface area contributed by atoms with Crippen molar-refractivity contribution < 1.29 is 18.3 Å². The van der Waals surface area contributed by atoms with Crippen LogP contribution in [0.4, 0.5) is 0 Å². The molecule has 0 atom stereocenters. The summed E-state index contributed by atoms with van der Waals surface area (Å²) in [5.74, 6) is -1.02. The van der Waals surface area contributed by atoms with Crippen LogP contribution < -0.4 is 0 Å². The van der Waals surface area contributed by atoms with Gasteiger partial charge in [-0.2, -0.15) is 4.31 Å². The summed E-state index contributed by atoms with van der Waals surface area (Å²) in [6.45, 7) is 0.104. The fourth-order valence-corrected chi connectivity index (χ4v) is 5.47. The highest BCUT2D eigenvalue weighted by molar-refractivity contribution is 7.89. The van der Waals surface area contributed by atoms with Crippen molar-refractivity contribution in [2.45, 2.75) is 29.8 Å². The lowest BCUT2D eigenvalue weighted by atomic mass is 10.0. The lowest BCUT2D eigenvalue weighted by molar-refractivity contribution is 0.0696. The number of pyridine rings is 1. The summed E-state index contributed by atoms with van der Waals surface area (Å²) < 4.78 is 28.8. The number of rotatable bonds is 7. The number of halogens is 1. The zero-order valence-electron chi connectivity index (χ0n) is 15.9. The molecule has 0 bridgehead atoms. The van der Waals surface area contributed by atoms with Crippen LogP contribution in [0.5, 0.6) is 0 Å². The molecule has 1 aliphatic carbocycles. The van der Waals surface area contributed by atoms with E-state index in [9.17, 15) is 18.3 Å². The Morgan fingerprint density at radius 2 is 1.70 bits per heavy atom. The molecule has 1 heterocycles. The largest absolute Gasteiger partial charge is 0.478 e. The molecule has 1 aromatic heterocycles. The summed E-state index contributed by atoms with van der Waals surface area (Å²) in [6.07, 6.45) is 2.90. The van der Waals surface area contributed by atoms with Gasteiger partial charge in [0.1, 0.15) is 0 Å². The van der Waals surface area contributed by atoms with Gasteiger partial charge in [0.2, 0.25) is 10.0 Å². The number of aromatic nitrogens is 1. The number of hydrogen-bond acceptors (Lipinski definition) is 4. The molecule has 0 spiro atoms. The van der Waals surface area contributed by atoms with Crippen LogP contribution in [-0.4, -0.2) is 28.8 Å². The molecular formula is C22H19ClN2O4S. The summed E-state index contributed by atoms with van der Waals surface area (Å²) in [6, 6.07) is 17.9. The molecule has 30 heavy (non-hydrogen) atoms. The minimum Gasteiger partial charge on any atom is -0.478 e. The summed E-state index contributed by atoms with van der Waals surface area (Å²) in [7, 11) is -3.87. The molecule has 1 N–H and O–H groups in total. The average molecular weight is 443 g/mol. The highest BCUT2D eigenvalue weighted by atomic mass is 35.5. The van der Waals surface area contributed by atoms with Gasteiger partial charge in [-0.1, -0.05) is 29.8 Å². The number of aromatic carboxylic acids is 1. The molecule has 8 heteroatoms. The molecule has 6 nitrogen and oxygen atoms in total. The second-order valence-corrected chi connectivity index (χ2v) is 9.50. The summed E-state index contributed by atoms with van der Waals surface area (Å²) in [5, 5.41) is 9.63. The van der Waals surface area contributed by atoms with E-state index in [2.05, 4.69) is 4.98 Å². The standard InChI is InChI=1S/C22H19ClN2O4S/c23-18-8-10-20(11-9-18)30(28,29)25(15-19-3-1-2-14-24-19)22(12-13-22)17-6-4-16(5-7-17)21(26)27/h1-11,14H,12-13,15H2,(H,26,27). The van der Waals surface area contributed by atoms with Crippen LogP contribution in [0.25, 0.3) is 0 Å². The summed E-state index contributed by atoms with van der Waals surface area (Å²) in [4.78, 5) is 15.7. The number of carboxylic acid groups (broad SMARTS) is 1. The molecule has 1 saturated carbocycles. The van der Waals surface area contributed by atoms with Crippen LogP contribution in [0.3, 0.4) is 0 Å². The smallest absolute Gasteiger partial charge is 0.335 e. The van der Waals surface area contributed by atoms with Gasteiger partial charge in [0, 0.05) is 11.2 Å². The third-order valence-corrected chi connectivity index (χ3v) is 7.48. The van der Waals surface area contributed by atoms with Crippen molar-refractivity contribution in [3.05, 3.63) is 94.8 Å². The topological polar surface area (TPSA) is 87.6 Å². The van der Waals surface area contributed by atoms with E-state index in [4.69, 9.17) is 11.6 Å². The number of hydrogen-bond donors (Lipinski definition) is 1. The third-order valence-electron chi connectivity index (χ3n) is 5.30. The number of benzene rings is 2. The Balaban J connectivity index is 1.79. The van der Waals surface area contributed by atoms with E-state index in [1.807, 2.05) is 6.07 Å². The molecule has 154 valence electrons. The van der Waals surface area contributed by atoms with Crippen molar-refractivity contribution in [1.29, 1.82) is 0 Å². The van der Waals surface area contributed by atoms with Crippen LogP contribution >= 0.6 is 11.6 Å². The Labute approximate surface area is 179 Å².